The molecule has 116 valence electrons. The molecule has 0 aliphatic rings. The Labute approximate surface area is 130 Å². The van der Waals surface area contributed by atoms with Crippen molar-refractivity contribution in [2.24, 2.45) is 5.73 Å². The molecule has 1 aromatic carbocycles. The lowest BCUT2D eigenvalue weighted by atomic mass is 10.1. The summed E-state index contributed by atoms with van der Waals surface area (Å²) in [6.07, 6.45) is 0.573. The van der Waals surface area contributed by atoms with Gasteiger partial charge in [-0.15, -0.1) is 12.4 Å². The third kappa shape index (κ3) is 4.80. The van der Waals surface area contributed by atoms with Gasteiger partial charge in [0.1, 0.15) is 5.75 Å². The third-order valence-electron chi connectivity index (χ3n) is 2.77. The molecule has 0 saturated carbocycles. The Morgan fingerprint density at radius 1 is 1.24 bits per heavy atom. The van der Waals surface area contributed by atoms with E-state index in [1.54, 1.807) is 0 Å². The van der Waals surface area contributed by atoms with Crippen molar-refractivity contribution in [1.29, 1.82) is 0 Å². The number of nitrogens with two attached hydrogens (primary N) is 1. The number of halogens is 1. The molecular weight excluding hydrogens is 314 g/mol. The lowest BCUT2D eigenvalue weighted by Crippen LogP contribution is -2.08. The molecule has 0 saturated heterocycles. The van der Waals surface area contributed by atoms with Crippen LogP contribution in [0.15, 0.2) is 28.8 Å². The smallest absolute Gasteiger partial charge is 0.242 e. The number of rotatable bonds is 6. The maximum Gasteiger partial charge on any atom is 0.242 e. The van der Waals surface area contributed by atoms with E-state index in [4.69, 9.17) is 10.3 Å². The van der Waals surface area contributed by atoms with Crippen molar-refractivity contribution >= 4 is 22.2 Å². The van der Waals surface area contributed by atoms with Crippen molar-refractivity contribution < 1.29 is 12.9 Å². The predicted octanol–water partition coefficient (Wildman–Crippen LogP) is 1.94. The first kappa shape index (κ1) is 17.6. The van der Waals surface area contributed by atoms with Crippen LogP contribution in [-0.4, -0.2) is 24.3 Å². The van der Waals surface area contributed by atoms with Gasteiger partial charge in [0.05, 0.1) is 5.75 Å². The second-order valence-corrected chi connectivity index (χ2v) is 6.69. The summed E-state index contributed by atoms with van der Waals surface area (Å²) in [6.45, 7) is 2.28. The van der Waals surface area contributed by atoms with Crippen molar-refractivity contribution in [1.82, 2.24) is 10.1 Å². The Kier molecular flexibility index (Phi) is 6.32. The summed E-state index contributed by atoms with van der Waals surface area (Å²) in [5.74, 6) is 0.414. The second-order valence-electron chi connectivity index (χ2n) is 4.50. The standard InChI is InChI=1S/C13H17N3O3S.ClH/c1-2-7-20(17,18)9-12-15-13(16-19-12)11-5-3-10(8-14)4-6-11;/h3-6H,2,7-9,14H2,1H3;1H. The Morgan fingerprint density at radius 2 is 1.90 bits per heavy atom. The summed E-state index contributed by atoms with van der Waals surface area (Å²) < 4.78 is 28.4. The van der Waals surface area contributed by atoms with E-state index in [1.165, 1.54) is 0 Å². The highest BCUT2D eigenvalue weighted by Gasteiger charge is 2.17. The molecule has 0 bridgehead atoms. The zero-order valence-corrected chi connectivity index (χ0v) is 13.3. The van der Waals surface area contributed by atoms with Crippen molar-refractivity contribution in [3.05, 3.63) is 35.7 Å². The van der Waals surface area contributed by atoms with E-state index in [2.05, 4.69) is 10.1 Å². The fourth-order valence-corrected chi connectivity index (χ4v) is 3.05. The monoisotopic (exact) mass is 331 g/mol. The molecule has 2 rings (SSSR count). The van der Waals surface area contributed by atoms with Crippen LogP contribution in [-0.2, 0) is 22.1 Å². The van der Waals surface area contributed by atoms with Crippen LogP contribution < -0.4 is 5.73 Å². The number of sulfone groups is 1. The van der Waals surface area contributed by atoms with Crippen molar-refractivity contribution in [2.45, 2.75) is 25.6 Å². The SMILES string of the molecule is CCCS(=O)(=O)Cc1nc(-c2ccc(CN)cc2)no1.Cl. The van der Waals surface area contributed by atoms with Crippen LogP contribution in [0, 0.1) is 0 Å². The van der Waals surface area contributed by atoms with Crippen LogP contribution in [0.3, 0.4) is 0 Å². The third-order valence-corrected chi connectivity index (χ3v) is 4.49. The van der Waals surface area contributed by atoms with Crippen LogP contribution in [0.25, 0.3) is 11.4 Å². The average Bonchev–Trinajstić information content (AvgIpc) is 2.86. The highest BCUT2D eigenvalue weighted by Crippen LogP contribution is 2.17. The fraction of sp³-hybridized carbons (Fsp3) is 0.385. The number of aromatic nitrogens is 2. The van der Waals surface area contributed by atoms with Crippen LogP contribution in [0.2, 0.25) is 0 Å². The number of benzene rings is 1. The molecule has 0 amide bonds. The zero-order chi connectivity index (χ0) is 14.6. The summed E-state index contributed by atoms with van der Waals surface area (Å²) >= 11 is 0. The van der Waals surface area contributed by atoms with E-state index in [9.17, 15) is 8.42 Å². The molecule has 0 fully saturated rings. The van der Waals surface area contributed by atoms with Gasteiger partial charge in [0.25, 0.3) is 0 Å². The summed E-state index contributed by atoms with van der Waals surface area (Å²) in [7, 11) is -3.18. The molecule has 0 aliphatic carbocycles. The maximum absolute atomic E-state index is 11.7. The molecule has 2 aromatic rings. The first-order valence-electron chi connectivity index (χ1n) is 6.36. The first-order valence-corrected chi connectivity index (χ1v) is 8.18. The molecule has 21 heavy (non-hydrogen) atoms. The lowest BCUT2D eigenvalue weighted by Gasteiger charge is -1.98. The largest absolute Gasteiger partial charge is 0.338 e. The van der Waals surface area contributed by atoms with Gasteiger partial charge >= 0.3 is 0 Å². The van der Waals surface area contributed by atoms with Crippen LogP contribution in [0.5, 0.6) is 0 Å². The molecule has 2 N–H and O–H groups in total. The minimum Gasteiger partial charge on any atom is -0.338 e. The molecule has 0 spiro atoms. The minimum absolute atomic E-state index is 0. The lowest BCUT2D eigenvalue weighted by molar-refractivity contribution is 0.389. The van der Waals surface area contributed by atoms with E-state index in [-0.39, 0.29) is 29.8 Å². The second kappa shape index (κ2) is 7.53. The molecular formula is C13H18ClN3O3S. The number of hydrogen-bond donors (Lipinski definition) is 1. The highest BCUT2D eigenvalue weighted by molar-refractivity contribution is 7.90. The Bertz CT molecular complexity index is 668. The molecule has 1 aromatic heterocycles. The van der Waals surface area contributed by atoms with Crippen LogP contribution in [0.1, 0.15) is 24.8 Å². The Hall–Kier alpha value is -1.44. The van der Waals surface area contributed by atoms with Gasteiger partial charge in [0, 0.05) is 12.1 Å². The number of hydrogen-bond acceptors (Lipinski definition) is 6. The van der Waals surface area contributed by atoms with Gasteiger partial charge in [-0.25, -0.2) is 8.42 Å². The van der Waals surface area contributed by atoms with Gasteiger partial charge in [-0.1, -0.05) is 36.3 Å². The van der Waals surface area contributed by atoms with E-state index in [0.717, 1.165) is 11.1 Å². The molecule has 0 unspecified atom stereocenters. The summed E-state index contributed by atoms with van der Waals surface area (Å²) in [5.41, 5.74) is 7.30. The summed E-state index contributed by atoms with van der Waals surface area (Å²) in [5, 5.41) is 3.80. The van der Waals surface area contributed by atoms with Gasteiger partial charge in [0.15, 0.2) is 9.84 Å². The average molecular weight is 332 g/mol. The van der Waals surface area contributed by atoms with Gasteiger partial charge in [-0.05, 0) is 12.0 Å². The topological polar surface area (TPSA) is 99.1 Å². The van der Waals surface area contributed by atoms with E-state index >= 15 is 0 Å². The maximum atomic E-state index is 11.7. The quantitative estimate of drug-likeness (QED) is 0.868. The Balaban J connectivity index is 0.00000220. The molecule has 8 heteroatoms. The van der Waals surface area contributed by atoms with E-state index < -0.39 is 9.84 Å². The van der Waals surface area contributed by atoms with Gasteiger partial charge < -0.3 is 10.3 Å². The van der Waals surface area contributed by atoms with Gasteiger partial charge in [-0.3, -0.25) is 0 Å². The molecule has 0 radical (unpaired) electrons. The number of nitrogens with zero attached hydrogens (tertiary/aromatic N) is 2. The first-order chi connectivity index (χ1) is 9.54. The predicted molar refractivity (Wildman–Crippen MR) is 82.7 cm³/mol. The van der Waals surface area contributed by atoms with Gasteiger partial charge in [-0.2, -0.15) is 4.98 Å². The van der Waals surface area contributed by atoms with E-state index in [1.807, 2.05) is 31.2 Å². The van der Waals surface area contributed by atoms with Crippen molar-refractivity contribution in [2.75, 3.05) is 5.75 Å². The van der Waals surface area contributed by atoms with Gasteiger partial charge in [0.2, 0.25) is 11.7 Å². The van der Waals surface area contributed by atoms with E-state index in [0.29, 0.717) is 18.8 Å². The summed E-state index contributed by atoms with van der Waals surface area (Å²) in [4.78, 5) is 4.12. The van der Waals surface area contributed by atoms with Crippen LogP contribution in [0.4, 0.5) is 0 Å². The molecule has 1 heterocycles. The normalized spacial score (nSPS) is 11.1. The highest BCUT2D eigenvalue weighted by atomic mass is 35.5. The molecule has 0 aliphatic heterocycles. The fourth-order valence-electron chi connectivity index (χ4n) is 1.79. The Morgan fingerprint density at radius 3 is 2.48 bits per heavy atom. The van der Waals surface area contributed by atoms with Crippen molar-refractivity contribution in [3.63, 3.8) is 0 Å². The zero-order valence-electron chi connectivity index (χ0n) is 11.7. The molecule has 0 atom stereocenters. The van der Waals surface area contributed by atoms with Crippen LogP contribution >= 0.6 is 12.4 Å². The summed E-state index contributed by atoms with van der Waals surface area (Å²) in [6, 6.07) is 7.41. The minimum atomic E-state index is -3.18. The molecule has 6 nitrogen and oxygen atoms in total. The van der Waals surface area contributed by atoms with Crippen molar-refractivity contribution in [3.8, 4) is 11.4 Å².